The van der Waals surface area contributed by atoms with Crippen molar-refractivity contribution in [1.29, 1.82) is 0 Å². The quantitative estimate of drug-likeness (QED) is 0.0156. The number of amides is 5. The number of carbonyl (C=O) groups is 5. The number of rotatable bonds is 32. The van der Waals surface area contributed by atoms with E-state index in [0.29, 0.717) is 72.8 Å². The molecule has 6 heterocycles. The molecule has 1 saturated carbocycles. The predicted molar refractivity (Wildman–Crippen MR) is 320 cm³/mol. The van der Waals surface area contributed by atoms with E-state index in [1.807, 2.05) is 0 Å². The van der Waals surface area contributed by atoms with Crippen molar-refractivity contribution >= 4 is 63.2 Å². The number of carbonyl (C=O) groups excluding carboxylic acids is 5. The van der Waals surface area contributed by atoms with Gasteiger partial charge in [-0.1, -0.05) is 104 Å². The highest BCUT2D eigenvalue weighted by Gasteiger charge is 2.48. The van der Waals surface area contributed by atoms with E-state index >= 15 is 0 Å². The fourth-order valence-electron chi connectivity index (χ4n) is 12.5. The Morgan fingerprint density at radius 1 is 0.819 bits per heavy atom. The van der Waals surface area contributed by atoms with Crippen LogP contribution in [0.15, 0.2) is 49.1 Å². The number of H-pyrrole nitrogens is 1. The third-order valence-corrected chi connectivity index (χ3v) is 17.5. The van der Waals surface area contributed by atoms with E-state index in [1.54, 1.807) is 29.1 Å². The van der Waals surface area contributed by atoms with Crippen LogP contribution in [0.1, 0.15) is 208 Å². The Kier molecular flexibility index (Phi) is 21.0. The summed E-state index contributed by atoms with van der Waals surface area (Å²) in [7, 11) is 0. The number of anilines is 2. The Morgan fingerprint density at radius 3 is 2.22 bits per heavy atom. The number of piperidine rings is 1. The number of nitrogens with zero attached hydrogens (tertiary/aromatic N) is 7. The second kappa shape index (κ2) is 28.5. The number of imide groups is 2. The minimum Gasteiger partial charge on any atom is -0.387 e. The lowest BCUT2D eigenvalue weighted by Gasteiger charge is -2.46. The largest absolute Gasteiger partial charge is 0.387 e. The average Bonchev–Trinajstić information content (AvgIpc) is 3.92. The normalized spacial score (nSPS) is 21.8. The molecule has 5 amide bonds. The highest BCUT2D eigenvalue weighted by atomic mass is 16.6. The summed E-state index contributed by atoms with van der Waals surface area (Å²) in [4.78, 5) is 88.4. The number of imidazole rings is 2. The van der Waals surface area contributed by atoms with Gasteiger partial charge >= 0.3 is 0 Å². The van der Waals surface area contributed by atoms with Gasteiger partial charge in [0.1, 0.15) is 36.5 Å². The van der Waals surface area contributed by atoms with Gasteiger partial charge in [-0.25, -0.2) is 19.9 Å². The van der Waals surface area contributed by atoms with Crippen molar-refractivity contribution in [2.45, 2.75) is 224 Å². The molecule has 2 aromatic carbocycles. The maximum Gasteiger partial charge on any atom is 0.264 e. The molecule has 450 valence electrons. The molecule has 1 aliphatic carbocycles. The van der Waals surface area contributed by atoms with E-state index in [9.17, 15) is 34.2 Å². The molecule has 0 bridgehead atoms. The number of aromatic nitrogens is 6. The number of aromatic amines is 1. The Morgan fingerprint density at radius 2 is 1.51 bits per heavy atom. The third kappa shape index (κ3) is 15.3. The molecule has 5 atom stereocenters. The zero-order chi connectivity index (χ0) is 58.6. The number of hydrogen-bond acceptors (Lipinski definition) is 15. The van der Waals surface area contributed by atoms with Crippen molar-refractivity contribution in [1.82, 2.24) is 49.9 Å². The lowest BCUT2D eigenvalue weighted by Crippen LogP contribution is -2.54. The fraction of sp³-hybridized carbons (Fsp3) is 0.635. The lowest BCUT2D eigenvalue weighted by molar-refractivity contribution is -0.136. The van der Waals surface area contributed by atoms with Gasteiger partial charge in [0.2, 0.25) is 17.7 Å². The molecule has 7 N–H and O–H groups in total. The number of benzene rings is 2. The molecule has 2 saturated heterocycles. The first-order valence-electron chi connectivity index (χ1n) is 31.1. The molecule has 4 aliphatic rings. The van der Waals surface area contributed by atoms with Gasteiger partial charge in [-0.2, -0.15) is 0 Å². The van der Waals surface area contributed by atoms with Crippen molar-refractivity contribution in [3.8, 4) is 0 Å². The number of hydrogen-bond donors (Lipinski definition) is 7. The summed E-state index contributed by atoms with van der Waals surface area (Å²) in [5.74, 6) is 0.331. The molecule has 0 spiro atoms. The number of aryl methyl sites for hydroxylation is 1. The predicted octanol–water partition coefficient (Wildman–Crippen LogP) is 9.02. The van der Waals surface area contributed by atoms with Gasteiger partial charge in [-0.05, 0) is 106 Å². The molecule has 83 heavy (non-hydrogen) atoms. The minimum atomic E-state index is -1.16. The molecular formula is C63H90N12O8. The molecule has 3 aromatic heterocycles. The summed E-state index contributed by atoms with van der Waals surface area (Å²) in [5, 5.41) is 34.7. The highest BCUT2D eigenvalue weighted by molar-refractivity contribution is 6.25. The van der Waals surface area contributed by atoms with Crippen LogP contribution in [0, 0.1) is 5.92 Å². The Hall–Kier alpha value is -6.35. The van der Waals surface area contributed by atoms with Gasteiger partial charge in [0.05, 0.1) is 28.5 Å². The van der Waals surface area contributed by atoms with Crippen molar-refractivity contribution in [3.63, 3.8) is 0 Å². The topological polar surface area (TPSA) is 262 Å². The number of aliphatic hydroxyl groups is 2. The number of fused-ring (bicyclic) bond motifs is 3. The van der Waals surface area contributed by atoms with Gasteiger partial charge in [0, 0.05) is 63.2 Å². The lowest BCUT2D eigenvalue weighted by atomic mass is 9.76. The van der Waals surface area contributed by atoms with Crippen LogP contribution in [0.2, 0.25) is 0 Å². The molecule has 3 aliphatic heterocycles. The maximum atomic E-state index is 13.3. The third-order valence-electron chi connectivity index (χ3n) is 17.5. The first kappa shape index (κ1) is 61.2. The molecule has 20 nitrogen and oxygen atoms in total. The van der Waals surface area contributed by atoms with E-state index in [2.05, 4.69) is 98.9 Å². The van der Waals surface area contributed by atoms with Crippen LogP contribution in [-0.4, -0.2) is 142 Å². The first-order chi connectivity index (χ1) is 40.0. The van der Waals surface area contributed by atoms with Crippen molar-refractivity contribution in [3.05, 3.63) is 71.6 Å². The molecule has 1 unspecified atom stereocenters. The number of ether oxygens (including phenoxy) is 1. The van der Waals surface area contributed by atoms with Gasteiger partial charge < -0.3 is 35.9 Å². The Labute approximate surface area is 488 Å². The van der Waals surface area contributed by atoms with E-state index in [0.717, 1.165) is 98.8 Å². The SMILES string of the molecule is CC(C)N(C[C@H]1O[C@@H](n2cnc3c(NCCCCNC(=O)CCCCCCCCCCCCCCCNc4cccc5c4C(=O)N(C4CCC(=O)NC4=O)C5=O)ncnc32)[C@H](O)[C@@H]1O)C1CC(CCc2nc3ccc(C(C)(C)C)cc3[nH]2)C1. The summed E-state index contributed by atoms with van der Waals surface area (Å²) in [6, 6.07) is 11.3. The summed E-state index contributed by atoms with van der Waals surface area (Å²) in [5.41, 5.74) is 5.75. The van der Waals surface area contributed by atoms with Crippen LogP contribution in [-0.2, 0) is 31.0 Å². The Bertz CT molecular complexity index is 3020. The number of nitrogens with one attached hydrogen (secondary N) is 5. The summed E-state index contributed by atoms with van der Waals surface area (Å²) in [6.07, 6.45) is 20.8. The molecule has 0 radical (unpaired) electrons. The van der Waals surface area contributed by atoms with E-state index in [4.69, 9.17) is 9.72 Å². The van der Waals surface area contributed by atoms with E-state index < -0.39 is 54.2 Å². The monoisotopic (exact) mass is 1140 g/mol. The zero-order valence-corrected chi connectivity index (χ0v) is 49.6. The smallest absolute Gasteiger partial charge is 0.264 e. The van der Waals surface area contributed by atoms with Crippen LogP contribution in [0.5, 0.6) is 0 Å². The minimum absolute atomic E-state index is 0.0847. The van der Waals surface area contributed by atoms with Crippen molar-refractivity contribution < 1.29 is 38.9 Å². The molecule has 3 fully saturated rings. The molecule has 20 heteroatoms. The average molecular weight is 1140 g/mol. The standard InChI is InChI=1S/C63H90N12O8/c1-40(2)73(43-34-41(35-43)25-29-50-70-45-27-26-42(63(3,4)5)36-47(45)71-50)37-49-55(78)56(79)62(83-49)74-39-69-54-57(67-38-68-58(54)74)66-33-20-19-32-65-51(76)24-17-15-13-11-9-7-6-8-10-12-14-16-18-31-64-46-23-21-22-44-53(46)61(82)75(60(44)81)48-28-30-52(77)72-59(48)80/h21-23,26-27,36,38-41,43,48-49,55-56,62,64,78-79H,6-20,24-25,28-35,37H2,1-5H3,(H,65,76)(H,70,71)(H,66,67,68)(H,72,77,80)/t41?,43?,48?,49-,55-,56-,62-/m1/s1. The van der Waals surface area contributed by atoms with Crippen molar-refractivity contribution in [2.75, 3.05) is 36.8 Å². The second-order valence-electron chi connectivity index (χ2n) is 25.0. The molecule has 9 rings (SSSR count). The van der Waals surface area contributed by atoms with Crippen LogP contribution in [0.3, 0.4) is 0 Å². The van der Waals surface area contributed by atoms with Crippen LogP contribution in [0.25, 0.3) is 22.2 Å². The number of unbranched alkanes of at least 4 members (excludes halogenated alkanes) is 13. The molecule has 5 aromatic rings. The summed E-state index contributed by atoms with van der Waals surface area (Å²) >= 11 is 0. The number of aliphatic hydroxyl groups excluding tert-OH is 2. The Balaban J connectivity index is 0.575. The highest BCUT2D eigenvalue weighted by Crippen LogP contribution is 2.39. The fourth-order valence-corrected chi connectivity index (χ4v) is 12.5. The molecular weight excluding hydrogens is 1050 g/mol. The first-order valence-corrected chi connectivity index (χ1v) is 31.1. The van der Waals surface area contributed by atoms with Gasteiger partial charge in [0.25, 0.3) is 11.8 Å². The summed E-state index contributed by atoms with van der Waals surface area (Å²) < 4.78 is 8.15. The van der Waals surface area contributed by atoms with Gasteiger partial charge in [-0.15, -0.1) is 0 Å². The van der Waals surface area contributed by atoms with Gasteiger partial charge in [-0.3, -0.25) is 43.7 Å². The van der Waals surface area contributed by atoms with Crippen LogP contribution < -0.4 is 21.3 Å². The zero-order valence-electron chi connectivity index (χ0n) is 49.6. The van der Waals surface area contributed by atoms with Crippen LogP contribution in [0.4, 0.5) is 11.5 Å². The summed E-state index contributed by atoms with van der Waals surface area (Å²) in [6.45, 7) is 13.5. The van der Waals surface area contributed by atoms with E-state index in [1.165, 1.54) is 56.8 Å². The van der Waals surface area contributed by atoms with Gasteiger partial charge in [0.15, 0.2) is 23.2 Å². The van der Waals surface area contributed by atoms with Crippen LogP contribution >= 0.6 is 0 Å². The van der Waals surface area contributed by atoms with E-state index in [-0.39, 0.29) is 35.8 Å². The van der Waals surface area contributed by atoms with Crippen molar-refractivity contribution in [2.24, 2.45) is 5.92 Å². The second-order valence-corrected chi connectivity index (χ2v) is 25.0. The maximum absolute atomic E-state index is 13.3.